The van der Waals surface area contributed by atoms with Gasteiger partial charge in [-0.25, -0.2) is 13.4 Å². The van der Waals surface area contributed by atoms with Crippen molar-refractivity contribution in [2.45, 2.75) is 11.4 Å². The SMILES string of the molecule is CN(Cc1ccc(Cl)c(Cl)c1)S(=O)(=O)c1ccc(Cl)nc1. The molecule has 2 aromatic rings. The summed E-state index contributed by atoms with van der Waals surface area (Å²) in [6, 6.07) is 7.83. The minimum atomic E-state index is -3.64. The number of pyridine rings is 1. The summed E-state index contributed by atoms with van der Waals surface area (Å²) in [6.07, 6.45) is 1.23. The molecule has 0 N–H and O–H groups in total. The number of nitrogens with zero attached hydrogens (tertiary/aromatic N) is 2. The minimum Gasteiger partial charge on any atom is -0.243 e. The molecule has 0 spiro atoms. The number of sulfonamides is 1. The monoisotopic (exact) mass is 364 g/mol. The standard InChI is InChI=1S/C13H11Cl3N2O2S/c1-18(8-9-2-4-11(14)12(15)6-9)21(19,20)10-3-5-13(16)17-7-10/h2-7H,8H2,1H3. The molecule has 1 heterocycles. The summed E-state index contributed by atoms with van der Waals surface area (Å²) < 4.78 is 26.0. The van der Waals surface area contributed by atoms with Crippen molar-refractivity contribution in [2.75, 3.05) is 7.05 Å². The van der Waals surface area contributed by atoms with E-state index in [0.29, 0.717) is 10.0 Å². The predicted molar refractivity (Wildman–Crippen MR) is 84.4 cm³/mol. The van der Waals surface area contributed by atoms with Crippen molar-refractivity contribution in [2.24, 2.45) is 0 Å². The van der Waals surface area contributed by atoms with Crippen LogP contribution in [-0.4, -0.2) is 24.8 Å². The van der Waals surface area contributed by atoms with Crippen molar-refractivity contribution in [3.63, 3.8) is 0 Å². The summed E-state index contributed by atoms with van der Waals surface area (Å²) in [7, 11) is -2.16. The molecule has 1 aromatic carbocycles. The fourth-order valence-electron chi connectivity index (χ4n) is 1.67. The van der Waals surface area contributed by atoms with Crippen LogP contribution in [0.2, 0.25) is 15.2 Å². The van der Waals surface area contributed by atoms with Gasteiger partial charge in [-0.15, -0.1) is 0 Å². The molecule has 1 aromatic heterocycles. The molecule has 8 heteroatoms. The van der Waals surface area contributed by atoms with Crippen LogP contribution in [0, 0.1) is 0 Å². The molecule has 0 radical (unpaired) electrons. The van der Waals surface area contributed by atoms with Crippen LogP contribution in [-0.2, 0) is 16.6 Å². The lowest BCUT2D eigenvalue weighted by Gasteiger charge is -2.17. The fourth-order valence-corrected chi connectivity index (χ4v) is 3.21. The zero-order valence-corrected chi connectivity index (χ0v) is 14.0. The van der Waals surface area contributed by atoms with Gasteiger partial charge in [-0.2, -0.15) is 4.31 Å². The van der Waals surface area contributed by atoms with Gasteiger partial charge in [-0.1, -0.05) is 40.9 Å². The molecule has 2 rings (SSSR count). The van der Waals surface area contributed by atoms with E-state index in [1.54, 1.807) is 18.2 Å². The summed E-state index contributed by atoms with van der Waals surface area (Å²) in [5.74, 6) is 0. The number of rotatable bonds is 4. The van der Waals surface area contributed by atoms with Gasteiger partial charge >= 0.3 is 0 Å². The highest BCUT2D eigenvalue weighted by Gasteiger charge is 2.21. The molecule has 21 heavy (non-hydrogen) atoms. The summed E-state index contributed by atoms with van der Waals surface area (Å²) in [4.78, 5) is 3.86. The van der Waals surface area contributed by atoms with Crippen LogP contribution in [0.1, 0.15) is 5.56 Å². The second kappa shape index (κ2) is 6.50. The fraction of sp³-hybridized carbons (Fsp3) is 0.154. The van der Waals surface area contributed by atoms with Crippen molar-refractivity contribution in [1.29, 1.82) is 0 Å². The van der Waals surface area contributed by atoms with E-state index >= 15 is 0 Å². The van der Waals surface area contributed by atoms with Gasteiger partial charge in [-0.05, 0) is 29.8 Å². The van der Waals surface area contributed by atoms with E-state index in [1.807, 2.05) is 0 Å². The molecule has 0 saturated heterocycles. The Bertz CT molecular complexity index is 749. The molecule has 0 bridgehead atoms. The van der Waals surface area contributed by atoms with E-state index in [9.17, 15) is 8.42 Å². The summed E-state index contributed by atoms with van der Waals surface area (Å²) in [6.45, 7) is 0.169. The Morgan fingerprint density at radius 1 is 1.10 bits per heavy atom. The average molecular weight is 366 g/mol. The van der Waals surface area contributed by atoms with Crippen LogP contribution >= 0.6 is 34.8 Å². The van der Waals surface area contributed by atoms with Gasteiger partial charge in [0.25, 0.3) is 0 Å². The van der Waals surface area contributed by atoms with Crippen LogP contribution in [0.4, 0.5) is 0 Å². The van der Waals surface area contributed by atoms with Crippen molar-refractivity contribution < 1.29 is 8.42 Å². The highest BCUT2D eigenvalue weighted by Crippen LogP contribution is 2.24. The highest BCUT2D eigenvalue weighted by atomic mass is 35.5. The quantitative estimate of drug-likeness (QED) is 0.773. The maximum Gasteiger partial charge on any atom is 0.244 e. The number of halogens is 3. The first-order chi connectivity index (χ1) is 9.80. The summed E-state index contributed by atoms with van der Waals surface area (Å²) in [5.41, 5.74) is 0.734. The normalized spacial score (nSPS) is 11.9. The zero-order chi connectivity index (χ0) is 15.6. The third-order valence-electron chi connectivity index (χ3n) is 2.80. The number of aromatic nitrogens is 1. The van der Waals surface area contributed by atoms with Crippen LogP contribution in [0.5, 0.6) is 0 Å². The Kier molecular flexibility index (Phi) is 5.11. The van der Waals surface area contributed by atoms with E-state index in [0.717, 1.165) is 5.56 Å². The van der Waals surface area contributed by atoms with E-state index in [2.05, 4.69) is 4.98 Å². The second-order valence-corrected chi connectivity index (χ2v) is 7.57. The molecule has 0 aliphatic heterocycles. The third-order valence-corrected chi connectivity index (χ3v) is 5.55. The lowest BCUT2D eigenvalue weighted by molar-refractivity contribution is 0.466. The van der Waals surface area contributed by atoms with Gasteiger partial charge < -0.3 is 0 Å². The average Bonchev–Trinajstić information content (AvgIpc) is 2.43. The predicted octanol–water partition coefficient (Wildman–Crippen LogP) is 3.86. The number of benzene rings is 1. The zero-order valence-electron chi connectivity index (χ0n) is 10.9. The first kappa shape index (κ1) is 16.5. The molecule has 0 amide bonds. The maximum atomic E-state index is 12.4. The van der Waals surface area contributed by atoms with Crippen molar-refractivity contribution in [1.82, 2.24) is 9.29 Å². The minimum absolute atomic E-state index is 0.0782. The van der Waals surface area contributed by atoms with Gasteiger partial charge in [0, 0.05) is 19.8 Å². The Labute approximate surface area is 138 Å². The number of hydrogen-bond donors (Lipinski definition) is 0. The van der Waals surface area contributed by atoms with Gasteiger partial charge in [0.2, 0.25) is 10.0 Å². The summed E-state index contributed by atoms with van der Waals surface area (Å²) >= 11 is 17.4. The van der Waals surface area contributed by atoms with Gasteiger partial charge in [0.15, 0.2) is 0 Å². The Hall–Kier alpha value is -0.850. The van der Waals surface area contributed by atoms with Gasteiger partial charge in [0.05, 0.1) is 10.0 Å². The van der Waals surface area contributed by atoms with E-state index in [4.69, 9.17) is 34.8 Å². The maximum absolute atomic E-state index is 12.4. The molecule has 112 valence electrons. The van der Waals surface area contributed by atoms with Crippen LogP contribution < -0.4 is 0 Å². The van der Waals surface area contributed by atoms with E-state index in [1.165, 1.54) is 29.7 Å². The Morgan fingerprint density at radius 2 is 1.81 bits per heavy atom. The molecular weight excluding hydrogens is 355 g/mol. The van der Waals surface area contributed by atoms with Gasteiger partial charge in [-0.3, -0.25) is 0 Å². The molecule has 0 fully saturated rings. The van der Waals surface area contributed by atoms with E-state index in [-0.39, 0.29) is 16.6 Å². The molecule has 0 saturated carbocycles. The van der Waals surface area contributed by atoms with Gasteiger partial charge in [0.1, 0.15) is 10.0 Å². The first-order valence-electron chi connectivity index (χ1n) is 5.82. The Morgan fingerprint density at radius 3 is 2.38 bits per heavy atom. The molecule has 0 atom stereocenters. The highest BCUT2D eigenvalue weighted by molar-refractivity contribution is 7.89. The van der Waals surface area contributed by atoms with Crippen molar-refractivity contribution in [3.8, 4) is 0 Å². The second-order valence-electron chi connectivity index (χ2n) is 4.33. The first-order valence-corrected chi connectivity index (χ1v) is 8.40. The van der Waals surface area contributed by atoms with Crippen molar-refractivity contribution in [3.05, 3.63) is 57.3 Å². The molecule has 0 aliphatic rings. The number of hydrogen-bond acceptors (Lipinski definition) is 3. The van der Waals surface area contributed by atoms with E-state index < -0.39 is 10.0 Å². The Balaban J connectivity index is 2.24. The lowest BCUT2D eigenvalue weighted by Crippen LogP contribution is -2.26. The lowest BCUT2D eigenvalue weighted by atomic mass is 10.2. The summed E-state index contributed by atoms with van der Waals surface area (Å²) in [5, 5.41) is 1.04. The van der Waals surface area contributed by atoms with Crippen LogP contribution in [0.3, 0.4) is 0 Å². The molecule has 0 aliphatic carbocycles. The molecular formula is C13H11Cl3N2O2S. The van der Waals surface area contributed by atoms with Crippen LogP contribution in [0.15, 0.2) is 41.4 Å². The smallest absolute Gasteiger partial charge is 0.243 e. The van der Waals surface area contributed by atoms with Crippen LogP contribution in [0.25, 0.3) is 0 Å². The third kappa shape index (κ3) is 3.87. The molecule has 4 nitrogen and oxygen atoms in total. The largest absolute Gasteiger partial charge is 0.244 e. The van der Waals surface area contributed by atoms with Crippen molar-refractivity contribution >= 4 is 44.8 Å². The molecule has 0 unspecified atom stereocenters. The topological polar surface area (TPSA) is 50.3 Å².